The van der Waals surface area contributed by atoms with E-state index >= 15 is 0 Å². The summed E-state index contributed by atoms with van der Waals surface area (Å²) in [5.74, 6) is 1.93. The van der Waals surface area contributed by atoms with E-state index in [1.54, 1.807) is 20.0 Å². The number of esters is 1. The topological polar surface area (TPSA) is 96.2 Å². The number of furan rings is 1. The molecule has 1 amide bonds. The predicted molar refractivity (Wildman–Crippen MR) is 120 cm³/mol. The molecule has 1 aliphatic heterocycles. The van der Waals surface area contributed by atoms with Crippen molar-refractivity contribution in [2.75, 3.05) is 27.2 Å². The van der Waals surface area contributed by atoms with E-state index in [9.17, 15) is 9.59 Å². The number of methoxy groups -OCH3 is 1. The molecule has 0 spiro atoms. The Labute approximate surface area is 188 Å². The molecule has 0 aromatic carbocycles. The minimum atomic E-state index is -0.409. The van der Waals surface area contributed by atoms with Crippen LogP contribution in [0.3, 0.4) is 0 Å². The Morgan fingerprint density at radius 1 is 1.31 bits per heavy atom. The number of aryl methyl sites for hydroxylation is 1. The lowest BCUT2D eigenvalue weighted by atomic mass is 10.1. The van der Waals surface area contributed by atoms with Crippen LogP contribution in [0.5, 0.6) is 0 Å². The maximum atomic E-state index is 12.6. The highest BCUT2D eigenvalue weighted by molar-refractivity contribution is 14.0. The fourth-order valence-corrected chi connectivity index (χ4v) is 4.01. The molecule has 162 valence electrons. The van der Waals surface area contributed by atoms with Crippen molar-refractivity contribution in [3.8, 4) is 0 Å². The van der Waals surface area contributed by atoms with Gasteiger partial charge in [-0.05, 0) is 32.3 Å². The van der Waals surface area contributed by atoms with Crippen molar-refractivity contribution in [1.29, 1.82) is 0 Å². The van der Waals surface area contributed by atoms with Crippen LogP contribution in [0.2, 0.25) is 0 Å². The van der Waals surface area contributed by atoms with Crippen LogP contribution in [0, 0.1) is 12.8 Å². The fourth-order valence-electron chi connectivity index (χ4n) is 4.01. The van der Waals surface area contributed by atoms with Gasteiger partial charge in [-0.1, -0.05) is 12.8 Å². The van der Waals surface area contributed by atoms with Gasteiger partial charge in [-0.25, -0.2) is 4.79 Å². The summed E-state index contributed by atoms with van der Waals surface area (Å²) in [7, 11) is 3.06. The number of nitrogens with zero attached hydrogens (tertiary/aromatic N) is 2. The van der Waals surface area contributed by atoms with E-state index in [1.165, 1.54) is 20.0 Å². The van der Waals surface area contributed by atoms with Crippen molar-refractivity contribution in [3.63, 3.8) is 0 Å². The van der Waals surface area contributed by atoms with Gasteiger partial charge >= 0.3 is 5.97 Å². The second-order valence-corrected chi connectivity index (χ2v) is 7.50. The average Bonchev–Trinajstić information content (AvgIpc) is 3.45. The van der Waals surface area contributed by atoms with Crippen LogP contribution in [-0.4, -0.2) is 56.0 Å². The van der Waals surface area contributed by atoms with E-state index in [4.69, 9.17) is 9.15 Å². The molecule has 2 aliphatic rings. The first kappa shape index (κ1) is 23.5. The number of ether oxygens (including phenoxy) is 1. The molecule has 1 saturated heterocycles. The number of halogens is 1. The summed E-state index contributed by atoms with van der Waals surface area (Å²) in [6.45, 7) is 3.64. The quantitative estimate of drug-likeness (QED) is 0.269. The lowest BCUT2D eigenvalue weighted by molar-refractivity contribution is -0.134. The van der Waals surface area contributed by atoms with Gasteiger partial charge < -0.3 is 24.7 Å². The number of nitrogens with one attached hydrogen (secondary N) is 2. The molecule has 29 heavy (non-hydrogen) atoms. The number of hydrogen-bond donors (Lipinski definition) is 2. The summed E-state index contributed by atoms with van der Waals surface area (Å²) in [6.07, 6.45) is 5.32. The Morgan fingerprint density at radius 3 is 2.69 bits per heavy atom. The first-order valence-corrected chi connectivity index (χ1v) is 9.95. The lowest BCUT2D eigenvalue weighted by Crippen LogP contribution is -2.45. The van der Waals surface area contributed by atoms with Crippen molar-refractivity contribution in [1.82, 2.24) is 15.5 Å². The first-order chi connectivity index (χ1) is 13.5. The molecule has 1 aromatic heterocycles. The van der Waals surface area contributed by atoms with E-state index in [1.807, 2.05) is 4.90 Å². The van der Waals surface area contributed by atoms with E-state index in [0.29, 0.717) is 42.0 Å². The Morgan fingerprint density at radius 2 is 2.03 bits per heavy atom. The minimum Gasteiger partial charge on any atom is -0.465 e. The third-order valence-corrected chi connectivity index (χ3v) is 5.57. The molecule has 1 unspecified atom stereocenters. The monoisotopic (exact) mass is 518 g/mol. The number of amides is 1. The van der Waals surface area contributed by atoms with Crippen molar-refractivity contribution in [2.24, 2.45) is 10.9 Å². The molecule has 1 aromatic rings. The van der Waals surface area contributed by atoms with E-state index in [-0.39, 0.29) is 35.9 Å². The number of hydrogen-bond acceptors (Lipinski definition) is 5. The summed E-state index contributed by atoms with van der Waals surface area (Å²) in [5, 5.41) is 6.58. The SMILES string of the molecule is CN=C(NCc1cc(C(=O)OC)c(C)o1)NC1CCN(C(=O)C2CCCC2)C1.I. The molecular formula is C20H31IN4O4. The third kappa shape index (κ3) is 5.86. The molecule has 0 radical (unpaired) electrons. The van der Waals surface area contributed by atoms with Crippen LogP contribution in [0.25, 0.3) is 0 Å². The number of aliphatic imine (C=N–C) groups is 1. The predicted octanol–water partition coefficient (Wildman–Crippen LogP) is 2.45. The van der Waals surface area contributed by atoms with Gasteiger partial charge in [0.2, 0.25) is 5.91 Å². The van der Waals surface area contributed by atoms with Gasteiger partial charge in [-0.15, -0.1) is 24.0 Å². The van der Waals surface area contributed by atoms with E-state index in [0.717, 1.165) is 25.8 Å². The van der Waals surface area contributed by atoms with Crippen LogP contribution < -0.4 is 10.6 Å². The summed E-state index contributed by atoms with van der Waals surface area (Å²) < 4.78 is 10.4. The summed E-state index contributed by atoms with van der Waals surface area (Å²) in [6, 6.07) is 1.86. The second kappa shape index (κ2) is 10.8. The highest BCUT2D eigenvalue weighted by atomic mass is 127. The smallest absolute Gasteiger partial charge is 0.341 e. The second-order valence-electron chi connectivity index (χ2n) is 7.50. The zero-order valence-corrected chi connectivity index (χ0v) is 19.7. The van der Waals surface area contributed by atoms with Crippen molar-refractivity contribution in [2.45, 2.75) is 51.6 Å². The first-order valence-electron chi connectivity index (χ1n) is 9.95. The molecule has 1 saturated carbocycles. The largest absolute Gasteiger partial charge is 0.465 e. The molecule has 1 atom stereocenters. The Bertz CT molecular complexity index is 743. The van der Waals surface area contributed by atoms with Crippen molar-refractivity contribution < 1.29 is 18.7 Å². The Hall–Kier alpha value is -1.78. The Balaban J connectivity index is 0.00000300. The highest BCUT2D eigenvalue weighted by Gasteiger charge is 2.32. The molecule has 9 heteroatoms. The molecule has 2 fully saturated rings. The molecule has 0 bridgehead atoms. The van der Waals surface area contributed by atoms with Gasteiger partial charge in [0.15, 0.2) is 5.96 Å². The fraction of sp³-hybridized carbons (Fsp3) is 0.650. The van der Waals surface area contributed by atoms with Gasteiger partial charge in [-0.2, -0.15) is 0 Å². The van der Waals surface area contributed by atoms with Crippen LogP contribution in [-0.2, 0) is 16.1 Å². The zero-order valence-electron chi connectivity index (χ0n) is 17.3. The van der Waals surface area contributed by atoms with Crippen LogP contribution in [0.15, 0.2) is 15.5 Å². The van der Waals surface area contributed by atoms with Crippen molar-refractivity contribution in [3.05, 3.63) is 23.2 Å². The van der Waals surface area contributed by atoms with Crippen LogP contribution in [0.4, 0.5) is 0 Å². The molecule has 2 N–H and O–H groups in total. The number of guanidine groups is 1. The summed E-state index contributed by atoms with van der Waals surface area (Å²) >= 11 is 0. The summed E-state index contributed by atoms with van der Waals surface area (Å²) in [4.78, 5) is 30.5. The Kier molecular flexibility index (Phi) is 8.79. The number of carbonyl (C=O) groups excluding carboxylic acids is 2. The van der Waals surface area contributed by atoms with Gasteiger partial charge in [0.25, 0.3) is 0 Å². The van der Waals surface area contributed by atoms with E-state index in [2.05, 4.69) is 15.6 Å². The van der Waals surface area contributed by atoms with Crippen LogP contribution >= 0.6 is 24.0 Å². The molecule has 1 aliphatic carbocycles. The molecular weight excluding hydrogens is 487 g/mol. The number of carbonyl (C=O) groups is 2. The highest BCUT2D eigenvalue weighted by Crippen LogP contribution is 2.27. The molecule has 8 nitrogen and oxygen atoms in total. The average molecular weight is 518 g/mol. The lowest BCUT2D eigenvalue weighted by Gasteiger charge is -2.21. The molecule has 3 rings (SSSR count). The number of rotatable bonds is 5. The van der Waals surface area contributed by atoms with Gasteiger partial charge in [0, 0.05) is 32.1 Å². The summed E-state index contributed by atoms with van der Waals surface area (Å²) in [5.41, 5.74) is 0.430. The maximum Gasteiger partial charge on any atom is 0.341 e. The standard InChI is InChI=1S/C20H30N4O4.HI/c1-13-17(19(26)27-3)10-16(28-13)11-22-20(21-2)23-15-8-9-24(12-15)18(25)14-6-4-5-7-14;/h10,14-15H,4-9,11-12H2,1-3H3,(H2,21,22,23);1H. The van der Waals surface area contributed by atoms with Gasteiger partial charge in [-0.3, -0.25) is 9.79 Å². The normalized spacial score (nSPS) is 19.8. The maximum absolute atomic E-state index is 12.6. The molecule has 2 heterocycles. The van der Waals surface area contributed by atoms with Crippen molar-refractivity contribution >= 4 is 41.8 Å². The van der Waals surface area contributed by atoms with E-state index < -0.39 is 5.97 Å². The number of likely N-dealkylation sites (tertiary alicyclic amines) is 1. The zero-order chi connectivity index (χ0) is 20.1. The third-order valence-electron chi connectivity index (χ3n) is 5.57. The minimum absolute atomic E-state index is 0. The van der Waals surface area contributed by atoms with Gasteiger partial charge in [0.1, 0.15) is 17.1 Å². The van der Waals surface area contributed by atoms with Crippen LogP contribution in [0.1, 0.15) is 54.0 Å². The van der Waals surface area contributed by atoms with Gasteiger partial charge in [0.05, 0.1) is 13.7 Å².